The average Bonchev–Trinajstić information content (AvgIpc) is 3.01. The number of aryl methyl sites for hydroxylation is 1. The second-order valence-corrected chi connectivity index (χ2v) is 7.62. The van der Waals surface area contributed by atoms with Crippen LogP contribution in [0.3, 0.4) is 0 Å². The molecule has 0 saturated carbocycles. The summed E-state index contributed by atoms with van der Waals surface area (Å²) in [5.41, 5.74) is 4.44. The smallest absolute Gasteiger partial charge is 0.255 e. The van der Waals surface area contributed by atoms with Crippen LogP contribution in [0, 0.1) is 13.8 Å². The van der Waals surface area contributed by atoms with E-state index in [0.29, 0.717) is 18.7 Å². The predicted molar refractivity (Wildman–Crippen MR) is 119 cm³/mol. The number of nitrogens with one attached hydrogen (secondary N) is 1. The van der Waals surface area contributed by atoms with Crippen molar-refractivity contribution in [2.75, 3.05) is 27.7 Å². The fourth-order valence-electron chi connectivity index (χ4n) is 3.73. The second-order valence-electron chi connectivity index (χ2n) is 7.62. The number of ether oxygens (including phenoxy) is 1. The van der Waals surface area contributed by atoms with Crippen molar-refractivity contribution < 1.29 is 9.53 Å². The molecule has 1 aromatic heterocycles. The van der Waals surface area contributed by atoms with E-state index in [9.17, 15) is 4.79 Å². The molecule has 3 rings (SSSR count). The van der Waals surface area contributed by atoms with Crippen LogP contribution in [-0.4, -0.2) is 48.3 Å². The number of amides is 1. The number of carbonyl (C=O) groups excluding carboxylic acids is 1. The molecule has 1 N–H and O–H groups in total. The van der Waals surface area contributed by atoms with Crippen LogP contribution >= 0.6 is 0 Å². The normalized spacial score (nSPS) is 12.1. The molecule has 0 fully saturated rings. The monoisotopic (exact) mass is 406 g/mol. The Morgan fingerprint density at radius 1 is 1.10 bits per heavy atom. The Balaban J connectivity index is 1.77. The number of carbonyl (C=O) groups is 1. The van der Waals surface area contributed by atoms with Crippen molar-refractivity contribution in [1.82, 2.24) is 20.0 Å². The number of aromatic nitrogens is 2. The number of para-hydroxylation sites is 1. The molecule has 6 heteroatoms. The lowest BCUT2D eigenvalue weighted by molar-refractivity contribution is 0.0940. The molecule has 1 unspecified atom stereocenters. The third-order valence-corrected chi connectivity index (χ3v) is 5.36. The fourth-order valence-corrected chi connectivity index (χ4v) is 3.73. The van der Waals surface area contributed by atoms with E-state index in [4.69, 9.17) is 4.74 Å². The highest BCUT2D eigenvalue weighted by molar-refractivity contribution is 5.96. The fraction of sp³-hybridized carbons (Fsp3) is 0.333. The maximum Gasteiger partial charge on any atom is 0.255 e. The summed E-state index contributed by atoms with van der Waals surface area (Å²) in [6.07, 6.45) is 0. The highest BCUT2D eigenvalue weighted by atomic mass is 16.5. The molecule has 158 valence electrons. The first-order valence-corrected chi connectivity index (χ1v) is 10.1. The summed E-state index contributed by atoms with van der Waals surface area (Å²) in [7, 11) is 5.66. The van der Waals surface area contributed by atoms with Crippen LogP contribution in [0.4, 0.5) is 0 Å². The molecule has 2 aromatic carbocycles. The number of methoxy groups -OCH3 is 1. The van der Waals surface area contributed by atoms with Gasteiger partial charge in [0.05, 0.1) is 31.0 Å². The Morgan fingerprint density at radius 2 is 1.77 bits per heavy atom. The van der Waals surface area contributed by atoms with Gasteiger partial charge in [0.25, 0.3) is 5.91 Å². The van der Waals surface area contributed by atoms with Crippen molar-refractivity contribution in [2.45, 2.75) is 26.4 Å². The van der Waals surface area contributed by atoms with E-state index in [2.05, 4.69) is 27.4 Å². The van der Waals surface area contributed by atoms with Gasteiger partial charge in [-0.1, -0.05) is 48.5 Å². The van der Waals surface area contributed by atoms with E-state index in [-0.39, 0.29) is 11.9 Å². The first-order valence-electron chi connectivity index (χ1n) is 10.1. The number of hydrogen-bond donors (Lipinski definition) is 1. The Labute approximate surface area is 178 Å². The molecule has 1 amide bonds. The minimum atomic E-state index is -0.106. The molecule has 0 bridgehead atoms. The summed E-state index contributed by atoms with van der Waals surface area (Å²) in [6.45, 7) is 4.94. The van der Waals surface area contributed by atoms with Crippen molar-refractivity contribution in [3.8, 4) is 5.75 Å². The average molecular weight is 407 g/mol. The van der Waals surface area contributed by atoms with E-state index in [0.717, 1.165) is 28.3 Å². The SMILES string of the molecule is COc1ccccc1C(CNC(=O)c1c(C)nn(Cc2ccccc2)c1C)N(C)C. The highest BCUT2D eigenvalue weighted by Crippen LogP contribution is 2.27. The zero-order valence-electron chi connectivity index (χ0n) is 18.3. The van der Waals surface area contributed by atoms with Gasteiger partial charge in [0.15, 0.2) is 0 Å². The van der Waals surface area contributed by atoms with Gasteiger partial charge in [-0.3, -0.25) is 9.48 Å². The predicted octanol–water partition coefficient (Wildman–Crippen LogP) is 3.59. The van der Waals surface area contributed by atoms with Crippen LogP contribution in [0.1, 0.15) is 38.9 Å². The van der Waals surface area contributed by atoms with Gasteiger partial charge in [-0.05, 0) is 39.6 Å². The zero-order chi connectivity index (χ0) is 21.7. The molecule has 0 aliphatic heterocycles. The summed E-state index contributed by atoms with van der Waals surface area (Å²) in [5, 5.41) is 7.70. The first kappa shape index (κ1) is 21.6. The van der Waals surface area contributed by atoms with Gasteiger partial charge in [-0.2, -0.15) is 5.10 Å². The maximum atomic E-state index is 13.1. The van der Waals surface area contributed by atoms with E-state index in [1.807, 2.05) is 75.1 Å². The number of rotatable bonds is 8. The minimum Gasteiger partial charge on any atom is -0.496 e. The molecule has 0 aliphatic rings. The van der Waals surface area contributed by atoms with Crippen molar-refractivity contribution in [2.24, 2.45) is 0 Å². The van der Waals surface area contributed by atoms with Gasteiger partial charge in [-0.15, -0.1) is 0 Å². The van der Waals surface area contributed by atoms with Crippen LogP contribution < -0.4 is 10.1 Å². The molecule has 0 aliphatic carbocycles. The molecular weight excluding hydrogens is 376 g/mol. The molecule has 0 spiro atoms. The van der Waals surface area contributed by atoms with E-state index in [1.165, 1.54) is 0 Å². The van der Waals surface area contributed by atoms with Gasteiger partial charge >= 0.3 is 0 Å². The topological polar surface area (TPSA) is 59.4 Å². The molecular formula is C24H30N4O2. The number of benzene rings is 2. The minimum absolute atomic E-state index is 0.00919. The lowest BCUT2D eigenvalue weighted by Crippen LogP contribution is -2.35. The molecule has 0 saturated heterocycles. The molecule has 1 atom stereocenters. The lowest BCUT2D eigenvalue weighted by atomic mass is 10.0. The number of likely N-dealkylation sites (N-methyl/N-ethyl adjacent to an activating group) is 1. The van der Waals surface area contributed by atoms with Crippen molar-refractivity contribution in [3.63, 3.8) is 0 Å². The molecule has 1 heterocycles. The van der Waals surface area contributed by atoms with Crippen LogP contribution in [0.25, 0.3) is 0 Å². The Morgan fingerprint density at radius 3 is 2.43 bits per heavy atom. The number of nitrogens with zero attached hydrogens (tertiary/aromatic N) is 3. The Bertz CT molecular complexity index is 996. The maximum absolute atomic E-state index is 13.1. The van der Waals surface area contributed by atoms with Crippen LogP contribution in [0.15, 0.2) is 54.6 Å². The van der Waals surface area contributed by atoms with Crippen molar-refractivity contribution in [1.29, 1.82) is 0 Å². The van der Waals surface area contributed by atoms with Gasteiger partial charge in [0, 0.05) is 17.8 Å². The molecule has 3 aromatic rings. The Hall–Kier alpha value is -3.12. The van der Waals surface area contributed by atoms with Crippen molar-refractivity contribution >= 4 is 5.91 Å². The number of hydrogen-bond acceptors (Lipinski definition) is 4. The van der Waals surface area contributed by atoms with Crippen molar-refractivity contribution in [3.05, 3.63) is 82.7 Å². The standard InChI is InChI=1S/C24H30N4O2/c1-17-23(18(2)28(26-17)16-19-11-7-6-8-12-19)24(29)25-15-21(27(3)4)20-13-9-10-14-22(20)30-5/h6-14,21H,15-16H2,1-5H3,(H,25,29). The summed E-state index contributed by atoms with van der Waals surface area (Å²) >= 11 is 0. The summed E-state index contributed by atoms with van der Waals surface area (Å²) in [6, 6.07) is 18.0. The second kappa shape index (κ2) is 9.59. The van der Waals surface area contributed by atoms with E-state index < -0.39 is 0 Å². The lowest BCUT2D eigenvalue weighted by Gasteiger charge is -2.26. The largest absolute Gasteiger partial charge is 0.496 e. The van der Waals surface area contributed by atoms with Crippen LogP contribution in [-0.2, 0) is 6.54 Å². The van der Waals surface area contributed by atoms with Crippen LogP contribution in [0.2, 0.25) is 0 Å². The third kappa shape index (κ3) is 4.71. The highest BCUT2D eigenvalue weighted by Gasteiger charge is 2.22. The summed E-state index contributed by atoms with van der Waals surface area (Å²) < 4.78 is 7.41. The summed E-state index contributed by atoms with van der Waals surface area (Å²) in [4.78, 5) is 15.1. The first-order chi connectivity index (χ1) is 14.4. The van der Waals surface area contributed by atoms with Gasteiger partial charge in [0.1, 0.15) is 5.75 Å². The molecule has 30 heavy (non-hydrogen) atoms. The summed E-state index contributed by atoms with van der Waals surface area (Å²) in [5.74, 6) is 0.708. The Kier molecular flexibility index (Phi) is 6.90. The van der Waals surface area contributed by atoms with E-state index in [1.54, 1.807) is 7.11 Å². The van der Waals surface area contributed by atoms with Crippen LogP contribution in [0.5, 0.6) is 5.75 Å². The molecule has 6 nitrogen and oxygen atoms in total. The molecule has 0 radical (unpaired) electrons. The third-order valence-electron chi connectivity index (χ3n) is 5.36. The quantitative estimate of drug-likeness (QED) is 0.621. The zero-order valence-corrected chi connectivity index (χ0v) is 18.3. The van der Waals surface area contributed by atoms with Gasteiger partial charge in [-0.25, -0.2) is 0 Å². The van der Waals surface area contributed by atoms with Gasteiger partial charge in [0.2, 0.25) is 0 Å². The van der Waals surface area contributed by atoms with Gasteiger partial charge < -0.3 is 15.0 Å². The van der Waals surface area contributed by atoms with E-state index >= 15 is 0 Å².